The minimum absolute atomic E-state index is 0.105. The first kappa shape index (κ1) is 16.6. The second kappa shape index (κ2) is 7.35. The van der Waals surface area contributed by atoms with Crippen molar-refractivity contribution in [2.24, 2.45) is 0 Å². The molecule has 0 aromatic carbocycles. The molecule has 1 amide bonds. The maximum atomic E-state index is 11.9. The summed E-state index contributed by atoms with van der Waals surface area (Å²) in [5.74, 6) is -1.26. The Balaban J connectivity index is 2.72. The van der Waals surface area contributed by atoms with Gasteiger partial charge in [0.05, 0.1) is 4.88 Å². The SMILES string of the molecule is Cc1cc(C(=O)NCC(C)S(C)=O)sc1/C=C/C(=O)O. The summed E-state index contributed by atoms with van der Waals surface area (Å²) in [6.07, 6.45) is 4.12. The third-order valence-electron chi connectivity index (χ3n) is 2.67. The lowest BCUT2D eigenvalue weighted by Crippen LogP contribution is -2.32. The van der Waals surface area contributed by atoms with Gasteiger partial charge in [-0.1, -0.05) is 0 Å². The summed E-state index contributed by atoms with van der Waals surface area (Å²) >= 11 is 1.23. The molecule has 2 atom stereocenters. The zero-order valence-corrected chi connectivity index (χ0v) is 13.1. The van der Waals surface area contributed by atoms with Crippen LogP contribution in [0.25, 0.3) is 6.08 Å². The molecule has 1 heterocycles. The molecule has 110 valence electrons. The van der Waals surface area contributed by atoms with Crippen molar-refractivity contribution >= 4 is 40.1 Å². The molecular formula is C13H17NO4S2. The first-order valence-corrected chi connectivity index (χ1v) is 8.37. The molecule has 0 radical (unpaired) electrons. The average molecular weight is 315 g/mol. The van der Waals surface area contributed by atoms with E-state index in [4.69, 9.17) is 5.11 Å². The first-order chi connectivity index (χ1) is 9.31. The standard InChI is InChI=1S/C13H17NO4S2/c1-8-6-11(19-10(8)4-5-12(15)16)13(17)14-7-9(2)20(3)18/h4-6,9H,7H2,1-3H3,(H,14,17)(H,15,16)/b5-4+. The van der Waals surface area contributed by atoms with Crippen molar-refractivity contribution in [3.05, 3.63) is 27.5 Å². The first-order valence-electron chi connectivity index (χ1n) is 5.93. The van der Waals surface area contributed by atoms with Crippen molar-refractivity contribution < 1.29 is 18.9 Å². The molecule has 0 fully saturated rings. The Bertz CT molecular complexity index is 563. The number of rotatable bonds is 6. The van der Waals surface area contributed by atoms with Crippen LogP contribution in [0.2, 0.25) is 0 Å². The van der Waals surface area contributed by atoms with E-state index in [0.29, 0.717) is 11.4 Å². The molecule has 20 heavy (non-hydrogen) atoms. The Morgan fingerprint density at radius 2 is 2.20 bits per heavy atom. The Morgan fingerprint density at radius 3 is 2.75 bits per heavy atom. The van der Waals surface area contributed by atoms with E-state index in [1.807, 2.05) is 6.92 Å². The van der Waals surface area contributed by atoms with Gasteiger partial charge in [-0.25, -0.2) is 4.79 Å². The molecule has 0 bridgehead atoms. The van der Waals surface area contributed by atoms with Crippen LogP contribution >= 0.6 is 11.3 Å². The number of aliphatic carboxylic acids is 1. The molecule has 2 N–H and O–H groups in total. The lowest BCUT2D eigenvalue weighted by atomic mass is 10.2. The van der Waals surface area contributed by atoms with Gasteiger partial charge in [0.1, 0.15) is 0 Å². The van der Waals surface area contributed by atoms with Crippen molar-refractivity contribution in [1.82, 2.24) is 5.32 Å². The van der Waals surface area contributed by atoms with Crippen LogP contribution < -0.4 is 5.32 Å². The molecular weight excluding hydrogens is 298 g/mol. The number of nitrogens with one attached hydrogen (secondary N) is 1. The maximum absolute atomic E-state index is 11.9. The van der Waals surface area contributed by atoms with Gasteiger partial charge in [0, 0.05) is 39.8 Å². The van der Waals surface area contributed by atoms with E-state index in [-0.39, 0.29) is 11.2 Å². The van der Waals surface area contributed by atoms with E-state index in [9.17, 15) is 13.8 Å². The van der Waals surface area contributed by atoms with E-state index in [1.54, 1.807) is 19.2 Å². The fraction of sp³-hybridized carbons (Fsp3) is 0.385. The number of thiophene rings is 1. The maximum Gasteiger partial charge on any atom is 0.328 e. The highest BCUT2D eigenvalue weighted by molar-refractivity contribution is 7.84. The quantitative estimate of drug-likeness (QED) is 0.782. The number of carboxylic acid groups (broad SMARTS) is 1. The zero-order chi connectivity index (χ0) is 15.3. The van der Waals surface area contributed by atoms with Crippen molar-refractivity contribution in [1.29, 1.82) is 0 Å². The highest BCUT2D eigenvalue weighted by Gasteiger charge is 2.13. The van der Waals surface area contributed by atoms with Crippen molar-refractivity contribution in [2.75, 3.05) is 12.8 Å². The van der Waals surface area contributed by atoms with Crippen molar-refractivity contribution in [3.63, 3.8) is 0 Å². The van der Waals surface area contributed by atoms with Gasteiger partial charge in [-0.2, -0.15) is 0 Å². The molecule has 5 nitrogen and oxygen atoms in total. The van der Waals surface area contributed by atoms with Gasteiger partial charge in [0.25, 0.3) is 5.91 Å². The summed E-state index contributed by atoms with van der Waals surface area (Å²) in [6, 6.07) is 1.72. The Labute approximate surface area is 124 Å². The summed E-state index contributed by atoms with van der Waals surface area (Å²) < 4.78 is 11.2. The molecule has 1 aromatic heterocycles. The predicted molar refractivity (Wildman–Crippen MR) is 81.6 cm³/mol. The number of carbonyl (C=O) groups is 2. The second-order valence-electron chi connectivity index (χ2n) is 4.35. The predicted octanol–water partition coefficient (Wildman–Crippen LogP) is 1.65. The molecule has 0 aliphatic heterocycles. The van der Waals surface area contributed by atoms with Crippen LogP contribution in [0.15, 0.2) is 12.1 Å². The topological polar surface area (TPSA) is 83.5 Å². The third kappa shape index (κ3) is 4.90. The Kier molecular flexibility index (Phi) is 6.09. The fourth-order valence-electron chi connectivity index (χ4n) is 1.36. The highest BCUT2D eigenvalue weighted by Crippen LogP contribution is 2.23. The van der Waals surface area contributed by atoms with Gasteiger partial charge in [-0.15, -0.1) is 11.3 Å². The highest BCUT2D eigenvalue weighted by atomic mass is 32.2. The van der Waals surface area contributed by atoms with Crippen molar-refractivity contribution in [2.45, 2.75) is 19.1 Å². The summed E-state index contributed by atoms with van der Waals surface area (Å²) in [7, 11) is -0.978. The number of aryl methyl sites for hydroxylation is 1. The van der Waals surface area contributed by atoms with Gasteiger partial charge >= 0.3 is 5.97 Å². The molecule has 0 aliphatic carbocycles. The molecule has 2 unspecified atom stereocenters. The van der Waals surface area contributed by atoms with E-state index in [1.165, 1.54) is 17.4 Å². The van der Waals surface area contributed by atoms with Gasteiger partial charge in [-0.3, -0.25) is 9.00 Å². The van der Waals surface area contributed by atoms with Gasteiger partial charge < -0.3 is 10.4 Å². The molecule has 1 aromatic rings. The van der Waals surface area contributed by atoms with Crippen LogP contribution in [0.5, 0.6) is 0 Å². The second-order valence-corrected chi connectivity index (χ2v) is 7.23. The monoisotopic (exact) mass is 315 g/mol. The minimum Gasteiger partial charge on any atom is -0.478 e. The van der Waals surface area contributed by atoms with E-state index >= 15 is 0 Å². The molecule has 0 saturated heterocycles. The third-order valence-corrected chi connectivity index (χ3v) is 5.18. The normalized spacial score (nSPS) is 14.2. The van der Waals surface area contributed by atoms with E-state index in [2.05, 4.69) is 5.32 Å². The fourth-order valence-corrected chi connectivity index (χ4v) is 2.67. The Morgan fingerprint density at radius 1 is 1.55 bits per heavy atom. The summed E-state index contributed by atoms with van der Waals surface area (Å²) in [6.45, 7) is 3.97. The molecule has 0 aliphatic rings. The lowest BCUT2D eigenvalue weighted by Gasteiger charge is -2.08. The van der Waals surface area contributed by atoms with E-state index in [0.717, 1.165) is 16.5 Å². The molecule has 0 saturated carbocycles. The minimum atomic E-state index is -1.02. The number of carboxylic acids is 1. The van der Waals surface area contributed by atoms with E-state index < -0.39 is 16.8 Å². The number of carbonyl (C=O) groups excluding carboxylic acids is 1. The smallest absolute Gasteiger partial charge is 0.328 e. The molecule has 1 rings (SSSR count). The van der Waals surface area contributed by atoms with Crippen LogP contribution in [0.1, 0.15) is 27.0 Å². The van der Waals surface area contributed by atoms with Crippen LogP contribution in [0.4, 0.5) is 0 Å². The number of hydrogen-bond acceptors (Lipinski definition) is 4. The number of amides is 1. The largest absolute Gasteiger partial charge is 0.478 e. The number of hydrogen-bond donors (Lipinski definition) is 2. The van der Waals surface area contributed by atoms with Gasteiger partial charge in [0.15, 0.2) is 0 Å². The van der Waals surface area contributed by atoms with Gasteiger partial charge in [0.2, 0.25) is 0 Å². The molecule has 7 heteroatoms. The summed E-state index contributed by atoms with van der Waals surface area (Å²) in [4.78, 5) is 23.7. The van der Waals surface area contributed by atoms with Crippen LogP contribution in [0, 0.1) is 6.92 Å². The van der Waals surface area contributed by atoms with Crippen molar-refractivity contribution in [3.8, 4) is 0 Å². The van der Waals surface area contributed by atoms with Crippen LogP contribution in [-0.2, 0) is 15.6 Å². The molecule has 0 spiro atoms. The average Bonchev–Trinajstić information content (AvgIpc) is 2.74. The van der Waals surface area contributed by atoms with Crippen LogP contribution in [0.3, 0.4) is 0 Å². The zero-order valence-electron chi connectivity index (χ0n) is 11.5. The summed E-state index contributed by atoms with van der Waals surface area (Å²) in [5.41, 5.74) is 0.852. The van der Waals surface area contributed by atoms with Crippen LogP contribution in [-0.4, -0.2) is 39.2 Å². The Hall–Kier alpha value is -1.47. The van der Waals surface area contributed by atoms with Gasteiger partial charge in [-0.05, 0) is 31.6 Å². The lowest BCUT2D eigenvalue weighted by molar-refractivity contribution is -0.131. The summed E-state index contributed by atoms with van der Waals surface area (Å²) in [5, 5.41) is 11.2.